The van der Waals surface area contributed by atoms with Crippen molar-refractivity contribution in [2.24, 2.45) is 5.10 Å². The molecule has 1 amide bonds. The zero-order valence-corrected chi connectivity index (χ0v) is 14.7. The van der Waals surface area contributed by atoms with Gasteiger partial charge in [-0.25, -0.2) is 5.43 Å². The summed E-state index contributed by atoms with van der Waals surface area (Å²) in [6.45, 7) is 4.06. The van der Waals surface area contributed by atoms with E-state index < -0.39 is 10.8 Å². The second-order valence-corrected chi connectivity index (χ2v) is 5.24. The molecule has 2 aromatic carbocycles. The molecule has 136 valence electrons. The summed E-state index contributed by atoms with van der Waals surface area (Å²) in [6, 6.07) is 11.1. The molecule has 0 heterocycles. The molecule has 0 bridgehead atoms. The van der Waals surface area contributed by atoms with Gasteiger partial charge in [0.1, 0.15) is 5.75 Å². The minimum Gasteiger partial charge on any atom is -0.494 e. The van der Waals surface area contributed by atoms with Gasteiger partial charge in [-0.1, -0.05) is 0 Å². The third-order valence-corrected chi connectivity index (χ3v) is 3.55. The first kappa shape index (κ1) is 18.9. The van der Waals surface area contributed by atoms with Crippen molar-refractivity contribution in [1.82, 2.24) is 5.43 Å². The first-order valence-electron chi connectivity index (χ1n) is 7.86. The lowest BCUT2D eigenvalue weighted by molar-refractivity contribution is -0.385. The number of ether oxygens (including phenoxy) is 2. The van der Waals surface area contributed by atoms with E-state index in [0.717, 1.165) is 0 Å². The van der Waals surface area contributed by atoms with Crippen LogP contribution >= 0.6 is 0 Å². The Morgan fingerprint density at radius 3 is 2.42 bits per heavy atom. The van der Waals surface area contributed by atoms with Crippen molar-refractivity contribution in [1.29, 1.82) is 0 Å². The summed E-state index contributed by atoms with van der Waals surface area (Å²) in [5.74, 6) is 0.439. The van der Waals surface area contributed by atoms with Gasteiger partial charge in [-0.3, -0.25) is 14.9 Å². The predicted octanol–water partition coefficient (Wildman–Crippen LogP) is 3.16. The molecule has 0 saturated carbocycles. The number of rotatable bonds is 7. The fraction of sp³-hybridized carbons (Fsp3) is 0.222. The number of amides is 1. The molecular formula is C18H19N3O5. The van der Waals surface area contributed by atoms with Crippen molar-refractivity contribution >= 4 is 17.3 Å². The molecule has 2 rings (SSSR count). The van der Waals surface area contributed by atoms with Gasteiger partial charge in [0.15, 0.2) is 5.75 Å². The van der Waals surface area contributed by atoms with E-state index in [9.17, 15) is 14.9 Å². The highest BCUT2D eigenvalue weighted by Crippen LogP contribution is 2.27. The van der Waals surface area contributed by atoms with Gasteiger partial charge in [-0.15, -0.1) is 0 Å². The number of benzene rings is 2. The average Bonchev–Trinajstić information content (AvgIpc) is 2.66. The smallest absolute Gasteiger partial charge is 0.311 e. The summed E-state index contributed by atoms with van der Waals surface area (Å²) in [5, 5.41) is 15.1. The van der Waals surface area contributed by atoms with Crippen molar-refractivity contribution in [3.05, 3.63) is 63.7 Å². The summed E-state index contributed by atoms with van der Waals surface area (Å²) >= 11 is 0. The maximum atomic E-state index is 12.1. The average molecular weight is 357 g/mol. The van der Waals surface area contributed by atoms with Gasteiger partial charge in [0.05, 0.1) is 24.4 Å². The molecule has 0 aliphatic carbocycles. The van der Waals surface area contributed by atoms with Gasteiger partial charge in [0.25, 0.3) is 5.91 Å². The molecule has 8 heteroatoms. The fourth-order valence-corrected chi connectivity index (χ4v) is 2.19. The Hall–Kier alpha value is -3.42. The van der Waals surface area contributed by atoms with Gasteiger partial charge < -0.3 is 9.47 Å². The molecule has 0 unspecified atom stereocenters. The van der Waals surface area contributed by atoms with Crippen molar-refractivity contribution < 1.29 is 19.2 Å². The number of hydrazone groups is 1. The van der Waals surface area contributed by atoms with Crippen LogP contribution in [0.2, 0.25) is 0 Å². The monoisotopic (exact) mass is 357 g/mol. The molecule has 1 N–H and O–H groups in total. The first-order chi connectivity index (χ1) is 12.5. The molecule has 26 heavy (non-hydrogen) atoms. The van der Waals surface area contributed by atoms with Crippen molar-refractivity contribution in [2.45, 2.75) is 13.8 Å². The SMILES string of the molecule is CCOc1ccc(C(=O)N/N=C(/C)c2ccc(OC)c([N+](=O)[O-])c2)cc1. The van der Waals surface area contributed by atoms with Gasteiger partial charge in [-0.2, -0.15) is 5.10 Å². The number of nitro groups is 1. The molecule has 0 spiro atoms. The molecule has 2 aromatic rings. The summed E-state index contributed by atoms with van der Waals surface area (Å²) < 4.78 is 10.3. The molecule has 0 radical (unpaired) electrons. The highest BCUT2D eigenvalue weighted by molar-refractivity contribution is 6.01. The minimum atomic E-state index is -0.534. The molecule has 0 aliphatic heterocycles. The summed E-state index contributed by atoms with van der Waals surface area (Å²) in [4.78, 5) is 22.7. The second kappa shape index (κ2) is 8.61. The van der Waals surface area contributed by atoms with Crippen LogP contribution in [-0.4, -0.2) is 30.3 Å². The van der Waals surface area contributed by atoms with Crippen molar-refractivity contribution in [3.63, 3.8) is 0 Å². The lowest BCUT2D eigenvalue weighted by Gasteiger charge is -2.06. The number of carbonyl (C=O) groups excluding carboxylic acids is 1. The van der Waals surface area contributed by atoms with E-state index >= 15 is 0 Å². The summed E-state index contributed by atoms with van der Waals surface area (Å²) in [6.07, 6.45) is 0. The zero-order chi connectivity index (χ0) is 19.1. The van der Waals surface area contributed by atoms with Crippen molar-refractivity contribution in [2.75, 3.05) is 13.7 Å². The Morgan fingerprint density at radius 2 is 1.85 bits per heavy atom. The van der Waals surface area contributed by atoms with Gasteiger partial charge in [0, 0.05) is 17.2 Å². The molecule has 0 aromatic heterocycles. The summed E-state index contributed by atoms with van der Waals surface area (Å²) in [5.41, 5.74) is 3.62. The third kappa shape index (κ3) is 4.56. The van der Waals surface area contributed by atoms with E-state index in [1.54, 1.807) is 37.3 Å². The number of nitrogens with zero attached hydrogens (tertiary/aromatic N) is 2. The van der Waals surface area contributed by atoms with Crippen molar-refractivity contribution in [3.8, 4) is 11.5 Å². The molecule has 0 saturated heterocycles. The quantitative estimate of drug-likeness (QED) is 0.466. The minimum absolute atomic E-state index is 0.157. The standard InChI is InChI=1S/C18H19N3O5/c1-4-26-15-8-5-13(6-9-15)18(22)20-19-12(2)14-7-10-17(25-3)16(11-14)21(23)24/h5-11H,4H2,1-3H3,(H,20,22)/b19-12-. The largest absolute Gasteiger partial charge is 0.494 e. The Balaban J connectivity index is 2.13. The van der Waals surface area contributed by atoms with E-state index in [1.165, 1.54) is 19.2 Å². The first-order valence-corrected chi connectivity index (χ1v) is 7.86. The van der Waals surface area contributed by atoms with Crippen LogP contribution in [0.25, 0.3) is 0 Å². The Labute approximate surface area is 150 Å². The number of hydrogen-bond donors (Lipinski definition) is 1. The number of nitrogens with one attached hydrogen (secondary N) is 1. The lowest BCUT2D eigenvalue weighted by atomic mass is 10.1. The van der Waals surface area contributed by atoms with E-state index in [-0.39, 0.29) is 11.4 Å². The van der Waals surface area contributed by atoms with Crippen LogP contribution in [0.1, 0.15) is 29.8 Å². The van der Waals surface area contributed by atoms with Crippen LogP contribution in [0.4, 0.5) is 5.69 Å². The van der Waals surface area contributed by atoms with E-state index in [0.29, 0.717) is 29.2 Å². The normalized spacial score (nSPS) is 11.0. The van der Waals surface area contributed by atoms with Crippen LogP contribution in [0.3, 0.4) is 0 Å². The van der Waals surface area contributed by atoms with Crippen LogP contribution in [0.15, 0.2) is 47.6 Å². The third-order valence-electron chi connectivity index (χ3n) is 3.55. The molecule has 0 atom stereocenters. The van der Waals surface area contributed by atoms with E-state index in [2.05, 4.69) is 10.5 Å². The number of carbonyl (C=O) groups is 1. The molecule has 8 nitrogen and oxygen atoms in total. The zero-order valence-electron chi connectivity index (χ0n) is 14.7. The fourth-order valence-electron chi connectivity index (χ4n) is 2.19. The van der Waals surface area contributed by atoms with Crippen LogP contribution in [0.5, 0.6) is 11.5 Å². The predicted molar refractivity (Wildman–Crippen MR) is 96.9 cm³/mol. The maximum absolute atomic E-state index is 12.1. The topological polar surface area (TPSA) is 103 Å². The summed E-state index contributed by atoms with van der Waals surface area (Å²) in [7, 11) is 1.36. The number of hydrogen-bond acceptors (Lipinski definition) is 6. The number of nitro benzene ring substituents is 1. The van der Waals surface area contributed by atoms with Gasteiger partial charge in [-0.05, 0) is 50.2 Å². The Morgan fingerprint density at radius 1 is 1.19 bits per heavy atom. The highest BCUT2D eigenvalue weighted by atomic mass is 16.6. The molecule has 0 aliphatic rings. The molecule has 0 fully saturated rings. The Kier molecular flexibility index (Phi) is 6.26. The molecular weight excluding hydrogens is 338 g/mol. The highest BCUT2D eigenvalue weighted by Gasteiger charge is 2.16. The van der Waals surface area contributed by atoms with Gasteiger partial charge in [0.2, 0.25) is 0 Å². The Bertz CT molecular complexity index is 831. The maximum Gasteiger partial charge on any atom is 0.311 e. The number of methoxy groups -OCH3 is 1. The van der Waals surface area contributed by atoms with E-state index in [4.69, 9.17) is 9.47 Å². The lowest BCUT2D eigenvalue weighted by Crippen LogP contribution is -2.19. The van der Waals surface area contributed by atoms with Crippen LogP contribution in [-0.2, 0) is 0 Å². The van der Waals surface area contributed by atoms with Crippen LogP contribution in [0, 0.1) is 10.1 Å². The van der Waals surface area contributed by atoms with Crippen LogP contribution < -0.4 is 14.9 Å². The van der Waals surface area contributed by atoms with Gasteiger partial charge >= 0.3 is 5.69 Å². The van der Waals surface area contributed by atoms with E-state index in [1.807, 2.05) is 6.92 Å². The second-order valence-electron chi connectivity index (χ2n) is 5.24.